The molecule has 102 valence electrons. The predicted octanol–water partition coefficient (Wildman–Crippen LogP) is 0.759. The molecule has 1 fully saturated rings. The minimum atomic E-state index is -0.458. The normalized spacial score (nSPS) is 14.4. The van der Waals surface area contributed by atoms with Crippen LogP contribution in [0.5, 0.6) is 0 Å². The second-order valence-corrected chi connectivity index (χ2v) is 4.45. The van der Waals surface area contributed by atoms with E-state index in [1.54, 1.807) is 17.0 Å². The molecule has 1 aliphatic heterocycles. The molecule has 6 heteroatoms. The van der Waals surface area contributed by atoms with Gasteiger partial charge in [-0.3, -0.25) is 0 Å². The van der Waals surface area contributed by atoms with Crippen LogP contribution in [0.25, 0.3) is 0 Å². The highest BCUT2D eigenvalue weighted by molar-refractivity contribution is 5.95. The fourth-order valence-electron chi connectivity index (χ4n) is 1.90. The molecule has 1 heterocycles. The SMILES string of the molecule is Cc1ccc(N)c(C(=O)OCCN2CCNC2=O)c1. The summed E-state index contributed by atoms with van der Waals surface area (Å²) < 4.78 is 5.13. The van der Waals surface area contributed by atoms with E-state index >= 15 is 0 Å². The molecule has 0 aliphatic carbocycles. The first kappa shape index (κ1) is 13.2. The first-order chi connectivity index (χ1) is 9.08. The number of nitrogens with one attached hydrogen (secondary N) is 1. The Kier molecular flexibility index (Phi) is 3.89. The van der Waals surface area contributed by atoms with Crippen LogP contribution in [0.15, 0.2) is 18.2 Å². The molecule has 0 aromatic heterocycles. The molecule has 0 spiro atoms. The number of carbonyl (C=O) groups is 2. The average molecular weight is 263 g/mol. The van der Waals surface area contributed by atoms with Crippen molar-refractivity contribution in [2.75, 3.05) is 32.0 Å². The Balaban J connectivity index is 1.87. The molecule has 19 heavy (non-hydrogen) atoms. The maximum atomic E-state index is 11.9. The topological polar surface area (TPSA) is 84.7 Å². The van der Waals surface area contributed by atoms with Crippen LogP contribution in [0.2, 0.25) is 0 Å². The van der Waals surface area contributed by atoms with Gasteiger partial charge in [0.25, 0.3) is 0 Å². The van der Waals surface area contributed by atoms with Crippen molar-refractivity contribution in [3.8, 4) is 0 Å². The number of esters is 1. The summed E-state index contributed by atoms with van der Waals surface area (Å²) in [6, 6.07) is 5.09. The lowest BCUT2D eigenvalue weighted by Crippen LogP contribution is -2.31. The van der Waals surface area contributed by atoms with E-state index < -0.39 is 5.97 Å². The van der Waals surface area contributed by atoms with Crippen LogP contribution in [0.4, 0.5) is 10.5 Å². The summed E-state index contributed by atoms with van der Waals surface area (Å²) in [5, 5.41) is 2.68. The molecule has 0 radical (unpaired) electrons. The molecule has 6 nitrogen and oxygen atoms in total. The lowest BCUT2D eigenvalue weighted by Gasteiger charge is -2.14. The standard InChI is InChI=1S/C13H17N3O3/c1-9-2-3-11(14)10(8-9)12(17)19-7-6-16-5-4-15-13(16)18/h2-3,8H,4-7,14H2,1H3,(H,15,18). The number of nitrogen functional groups attached to an aromatic ring is 1. The number of carbonyl (C=O) groups excluding carboxylic acids is 2. The number of hydrogen-bond acceptors (Lipinski definition) is 4. The smallest absolute Gasteiger partial charge is 0.340 e. The monoisotopic (exact) mass is 263 g/mol. The second kappa shape index (κ2) is 5.60. The van der Waals surface area contributed by atoms with Crippen LogP contribution < -0.4 is 11.1 Å². The Hall–Kier alpha value is -2.24. The van der Waals surface area contributed by atoms with Gasteiger partial charge < -0.3 is 20.7 Å². The van der Waals surface area contributed by atoms with Gasteiger partial charge in [0.1, 0.15) is 6.61 Å². The highest BCUT2D eigenvalue weighted by Gasteiger charge is 2.19. The lowest BCUT2D eigenvalue weighted by atomic mass is 10.1. The Morgan fingerprint density at radius 2 is 2.32 bits per heavy atom. The quantitative estimate of drug-likeness (QED) is 0.620. The second-order valence-electron chi connectivity index (χ2n) is 4.45. The third-order valence-corrected chi connectivity index (χ3v) is 2.97. The van der Waals surface area contributed by atoms with E-state index in [0.717, 1.165) is 5.56 Å². The Morgan fingerprint density at radius 1 is 1.53 bits per heavy atom. The molecule has 0 bridgehead atoms. The summed E-state index contributed by atoms with van der Waals surface area (Å²) in [5.74, 6) is -0.458. The number of benzene rings is 1. The number of rotatable bonds is 4. The van der Waals surface area contributed by atoms with Gasteiger partial charge in [-0.05, 0) is 19.1 Å². The van der Waals surface area contributed by atoms with Gasteiger partial charge in [0.05, 0.1) is 12.1 Å². The number of urea groups is 1. The van der Waals surface area contributed by atoms with Gasteiger partial charge in [-0.1, -0.05) is 11.6 Å². The first-order valence-corrected chi connectivity index (χ1v) is 6.14. The molecule has 0 unspecified atom stereocenters. The third kappa shape index (κ3) is 3.15. The van der Waals surface area contributed by atoms with Crippen molar-refractivity contribution in [1.29, 1.82) is 0 Å². The van der Waals surface area contributed by atoms with Crippen LogP contribution >= 0.6 is 0 Å². The van der Waals surface area contributed by atoms with Gasteiger partial charge in [-0.2, -0.15) is 0 Å². The highest BCUT2D eigenvalue weighted by atomic mass is 16.5. The molecule has 1 aliphatic rings. The number of nitrogens with zero attached hydrogens (tertiary/aromatic N) is 1. The van der Waals surface area contributed by atoms with E-state index in [1.165, 1.54) is 0 Å². The minimum absolute atomic E-state index is 0.119. The van der Waals surface area contributed by atoms with Crippen LogP contribution in [-0.4, -0.2) is 43.1 Å². The van der Waals surface area contributed by atoms with Crippen LogP contribution in [0.3, 0.4) is 0 Å². The zero-order valence-electron chi connectivity index (χ0n) is 10.8. The molecular weight excluding hydrogens is 246 g/mol. The van der Waals surface area contributed by atoms with Gasteiger partial charge in [-0.25, -0.2) is 9.59 Å². The van der Waals surface area contributed by atoms with E-state index in [0.29, 0.717) is 30.9 Å². The maximum Gasteiger partial charge on any atom is 0.340 e. The van der Waals surface area contributed by atoms with E-state index in [-0.39, 0.29) is 12.6 Å². The fourth-order valence-corrected chi connectivity index (χ4v) is 1.90. The Labute approximate surface area is 111 Å². The largest absolute Gasteiger partial charge is 0.460 e. The predicted molar refractivity (Wildman–Crippen MR) is 70.8 cm³/mol. The summed E-state index contributed by atoms with van der Waals surface area (Å²) in [6.45, 7) is 3.72. The van der Waals surface area contributed by atoms with Gasteiger partial charge >= 0.3 is 12.0 Å². The number of hydrogen-bond donors (Lipinski definition) is 2. The van der Waals surface area contributed by atoms with Crippen LogP contribution in [-0.2, 0) is 4.74 Å². The van der Waals surface area contributed by atoms with Crippen molar-refractivity contribution in [1.82, 2.24) is 10.2 Å². The van der Waals surface area contributed by atoms with Crippen molar-refractivity contribution < 1.29 is 14.3 Å². The van der Waals surface area contributed by atoms with E-state index in [4.69, 9.17) is 10.5 Å². The molecular formula is C13H17N3O3. The van der Waals surface area contributed by atoms with Crippen molar-refractivity contribution in [2.24, 2.45) is 0 Å². The lowest BCUT2D eigenvalue weighted by molar-refractivity contribution is 0.0482. The number of nitrogens with two attached hydrogens (primary N) is 1. The van der Waals surface area contributed by atoms with E-state index in [1.807, 2.05) is 13.0 Å². The summed E-state index contributed by atoms with van der Waals surface area (Å²) in [6.07, 6.45) is 0. The fraction of sp³-hybridized carbons (Fsp3) is 0.385. The summed E-state index contributed by atoms with van der Waals surface area (Å²) in [7, 11) is 0. The molecule has 3 N–H and O–H groups in total. The molecule has 0 saturated carbocycles. The van der Waals surface area contributed by atoms with Crippen molar-refractivity contribution >= 4 is 17.7 Å². The van der Waals surface area contributed by atoms with Gasteiger partial charge in [-0.15, -0.1) is 0 Å². The summed E-state index contributed by atoms with van der Waals surface area (Å²) >= 11 is 0. The summed E-state index contributed by atoms with van der Waals surface area (Å²) in [5.41, 5.74) is 7.44. The molecule has 2 rings (SSSR count). The molecule has 1 aromatic rings. The number of aryl methyl sites for hydroxylation is 1. The molecule has 1 aromatic carbocycles. The van der Waals surface area contributed by atoms with Gasteiger partial charge in [0, 0.05) is 18.8 Å². The van der Waals surface area contributed by atoms with Gasteiger partial charge in [0.2, 0.25) is 0 Å². The number of amides is 2. The molecule has 2 amide bonds. The molecule has 0 atom stereocenters. The van der Waals surface area contributed by atoms with E-state index in [2.05, 4.69) is 5.32 Å². The number of anilines is 1. The average Bonchev–Trinajstić information content (AvgIpc) is 2.78. The van der Waals surface area contributed by atoms with Crippen LogP contribution in [0, 0.1) is 6.92 Å². The third-order valence-electron chi connectivity index (χ3n) is 2.97. The number of ether oxygens (including phenoxy) is 1. The maximum absolute atomic E-state index is 11.9. The van der Waals surface area contributed by atoms with E-state index in [9.17, 15) is 9.59 Å². The Bertz CT molecular complexity index is 502. The highest BCUT2D eigenvalue weighted by Crippen LogP contribution is 2.14. The zero-order chi connectivity index (χ0) is 13.8. The van der Waals surface area contributed by atoms with Crippen molar-refractivity contribution in [2.45, 2.75) is 6.92 Å². The zero-order valence-corrected chi connectivity index (χ0v) is 10.8. The summed E-state index contributed by atoms with van der Waals surface area (Å²) in [4.78, 5) is 24.7. The first-order valence-electron chi connectivity index (χ1n) is 6.14. The van der Waals surface area contributed by atoms with Crippen molar-refractivity contribution in [3.63, 3.8) is 0 Å². The Morgan fingerprint density at radius 3 is 3.00 bits per heavy atom. The molecule has 1 saturated heterocycles. The van der Waals surface area contributed by atoms with Crippen LogP contribution in [0.1, 0.15) is 15.9 Å². The van der Waals surface area contributed by atoms with Crippen molar-refractivity contribution in [3.05, 3.63) is 29.3 Å². The minimum Gasteiger partial charge on any atom is -0.460 e. The van der Waals surface area contributed by atoms with Gasteiger partial charge in [0.15, 0.2) is 0 Å².